The van der Waals surface area contributed by atoms with Gasteiger partial charge in [-0.2, -0.15) is 0 Å². The van der Waals surface area contributed by atoms with Crippen LogP contribution >= 0.6 is 0 Å². The lowest BCUT2D eigenvalue weighted by atomic mass is 10.0. The van der Waals surface area contributed by atoms with E-state index in [1.807, 2.05) is 37.4 Å². The maximum atomic E-state index is 6.26. The highest BCUT2D eigenvalue weighted by molar-refractivity contribution is 5.44. The molecule has 0 aliphatic carbocycles. The Bertz CT molecular complexity index is 596. The topological polar surface area (TPSA) is 57.4 Å². The molecule has 4 heteroatoms. The van der Waals surface area contributed by atoms with Gasteiger partial charge in [-0.25, -0.2) is 0 Å². The van der Waals surface area contributed by atoms with Crippen molar-refractivity contribution in [1.82, 2.24) is 4.98 Å². The second-order valence-corrected chi connectivity index (χ2v) is 5.04. The minimum atomic E-state index is -0.0963. The van der Waals surface area contributed by atoms with Gasteiger partial charge in [0.2, 0.25) is 0 Å². The van der Waals surface area contributed by atoms with Crippen molar-refractivity contribution in [2.45, 2.75) is 19.4 Å². The molecule has 3 rings (SSSR count). The van der Waals surface area contributed by atoms with Gasteiger partial charge in [-0.1, -0.05) is 12.1 Å². The molecule has 1 aliphatic heterocycles. The number of aromatic nitrogens is 1. The summed E-state index contributed by atoms with van der Waals surface area (Å²) in [6, 6.07) is 9.86. The van der Waals surface area contributed by atoms with Gasteiger partial charge in [0, 0.05) is 24.4 Å². The summed E-state index contributed by atoms with van der Waals surface area (Å²) in [6.07, 6.45) is 2.58. The van der Waals surface area contributed by atoms with Crippen LogP contribution in [-0.2, 0) is 6.42 Å². The Kier molecular flexibility index (Phi) is 3.56. The van der Waals surface area contributed by atoms with Crippen LogP contribution in [0, 0.1) is 6.92 Å². The predicted molar refractivity (Wildman–Crippen MR) is 77.0 cm³/mol. The van der Waals surface area contributed by atoms with Crippen LogP contribution in [0.5, 0.6) is 11.5 Å². The zero-order chi connectivity index (χ0) is 13.9. The van der Waals surface area contributed by atoms with Gasteiger partial charge in [0.15, 0.2) is 11.5 Å². The normalized spacial score (nSPS) is 14.9. The highest BCUT2D eigenvalue weighted by Crippen LogP contribution is 2.32. The number of hydrogen-bond donors (Lipinski definition) is 1. The first-order valence-electron chi connectivity index (χ1n) is 6.79. The molecule has 1 aromatic carbocycles. The van der Waals surface area contributed by atoms with Crippen molar-refractivity contribution in [1.29, 1.82) is 0 Å². The number of hydrogen-bond acceptors (Lipinski definition) is 4. The van der Waals surface area contributed by atoms with E-state index in [4.69, 9.17) is 15.2 Å². The molecule has 0 bridgehead atoms. The van der Waals surface area contributed by atoms with Crippen molar-refractivity contribution in [2.24, 2.45) is 5.73 Å². The van der Waals surface area contributed by atoms with E-state index in [2.05, 4.69) is 11.1 Å². The fourth-order valence-corrected chi connectivity index (χ4v) is 2.25. The molecule has 0 fully saturated rings. The number of benzene rings is 1. The second-order valence-electron chi connectivity index (χ2n) is 5.04. The Morgan fingerprint density at radius 3 is 2.70 bits per heavy atom. The fraction of sp³-hybridized carbons (Fsp3) is 0.312. The maximum Gasteiger partial charge on any atom is 0.161 e. The molecule has 1 atom stereocenters. The highest BCUT2D eigenvalue weighted by atomic mass is 16.6. The van der Waals surface area contributed by atoms with E-state index in [1.54, 1.807) is 0 Å². The van der Waals surface area contributed by atoms with Crippen molar-refractivity contribution < 1.29 is 9.47 Å². The number of fused-ring (bicyclic) bond motifs is 1. The molecule has 2 aromatic rings. The lowest BCUT2D eigenvalue weighted by molar-refractivity contribution is 0.171. The summed E-state index contributed by atoms with van der Waals surface area (Å²) in [7, 11) is 0. The van der Waals surface area contributed by atoms with Gasteiger partial charge in [0.25, 0.3) is 0 Å². The van der Waals surface area contributed by atoms with Crippen molar-refractivity contribution in [3.05, 3.63) is 53.3 Å². The van der Waals surface area contributed by atoms with Gasteiger partial charge in [-0.3, -0.25) is 4.98 Å². The minimum absolute atomic E-state index is 0.0963. The molecule has 1 unspecified atom stereocenters. The zero-order valence-electron chi connectivity index (χ0n) is 11.5. The summed E-state index contributed by atoms with van der Waals surface area (Å²) in [5, 5.41) is 0. The lowest BCUT2D eigenvalue weighted by Gasteiger charge is -2.20. The highest BCUT2D eigenvalue weighted by Gasteiger charge is 2.15. The van der Waals surface area contributed by atoms with Crippen molar-refractivity contribution in [3.8, 4) is 11.5 Å². The number of aryl methyl sites for hydroxylation is 1. The Hall–Kier alpha value is -2.07. The van der Waals surface area contributed by atoms with Crippen molar-refractivity contribution in [3.63, 3.8) is 0 Å². The smallest absolute Gasteiger partial charge is 0.161 e. The van der Waals surface area contributed by atoms with Crippen molar-refractivity contribution in [2.75, 3.05) is 13.2 Å². The van der Waals surface area contributed by atoms with Gasteiger partial charge < -0.3 is 15.2 Å². The number of rotatable bonds is 3. The van der Waals surface area contributed by atoms with Gasteiger partial charge in [-0.05, 0) is 36.2 Å². The zero-order valence-corrected chi connectivity index (χ0v) is 11.5. The van der Waals surface area contributed by atoms with Gasteiger partial charge in [-0.15, -0.1) is 0 Å². The third kappa shape index (κ3) is 2.75. The average Bonchev–Trinajstić information content (AvgIpc) is 2.49. The predicted octanol–water partition coefficient (Wildman–Crippen LogP) is 2.40. The average molecular weight is 270 g/mol. The summed E-state index contributed by atoms with van der Waals surface area (Å²) < 4.78 is 11.1. The molecule has 104 valence electrons. The van der Waals surface area contributed by atoms with Gasteiger partial charge in [0.05, 0.1) is 0 Å². The lowest BCUT2D eigenvalue weighted by Crippen LogP contribution is -2.17. The van der Waals surface area contributed by atoms with Crippen LogP contribution < -0.4 is 15.2 Å². The molecule has 0 spiro atoms. The summed E-state index contributed by atoms with van der Waals surface area (Å²) >= 11 is 0. The van der Waals surface area contributed by atoms with Crippen molar-refractivity contribution >= 4 is 0 Å². The Morgan fingerprint density at radius 2 is 1.95 bits per heavy atom. The van der Waals surface area contributed by atoms with Crippen LogP contribution in [0.4, 0.5) is 0 Å². The summed E-state index contributed by atoms with van der Waals surface area (Å²) in [5.41, 5.74) is 9.45. The van der Waals surface area contributed by atoms with Gasteiger partial charge >= 0.3 is 0 Å². The second kappa shape index (κ2) is 5.51. The first-order valence-corrected chi connectivity index (χ1v) is 6.79. The molecule has 0 saturated carbocycles. The molecule has 4 nitrogen and oxygen atoms in total. The third-order valence-corrected chi connectivity index (χ3v) is 3.40. The largest absolute Gasteiger partial charge is 0.486 e. The van der Waals surface area contributed by atoms with Gasteiger partial charge in [0.1, 0.15) is 13.2 Å². The van der Waals surface area contributed by atoms with E-state index in [9.17, 15) is 0 Å². The number of pyridine rings is 1. The van der Waals surface area contributed by atoms with Crippen LogP contribution in [0.3, 0.4) is 0 Å². The Balaban J connectivity index is 1.76. The molecule has 0 radical (unpaired) electrons. The molecule has 0 saturated heterocycles. The molecule has 1 aromatic heterocycles. The Morgan fingerprint density at radius 1 is 1.15 bits per heavy atom. The molecular formula is C16H18N2O2. The van der Waals surface area contributed by atoms with E-state index in [0.29, 0.717) is 19.6 Å². The third-order valence-electron chi connectivity index (χ3n) is 3.40. The molecule has 2 N–H and O–H groups in total. The molecule has 1 aliphatic rings. The SMILES string of the molecule is Cc1ccc(CC(N)c2ccc3c(c2)OCCO3)nc1. The monoisotopic (exact) mass is 270 g/mol. The van der Waals surface area contributed by atoms with Crippen LogP contribution in [0.25, 0.3) is 0 Å². The summed E-state index contributed by atoms with van der Waals surface area (Å²) in [4.78, 5) is 4.40. The van der Waals surface area contributed by atoms with Crippen LogP contribution in [0.2, 0.25) is 0 Å². The quantitative estimate of drug-likeness (QED) is 0.930. The van der Waals surface area contributed by atoms with Crippen LogP contribution in [-0.4, -0.2) is 18.2 Å². The van der Waals surface area contributed by atoms with Crippen LogP contribution in [0.15, 0.2) is 36.5 Å². The molecule has 2 heterocycles. The first kappa shape index (κ1) is 12.9. The first-order chi connectivity index (χ1) is 9.72. The fourth-order valence-electron chi connectivity index (χ4n) is 2.25. The number of nitrogens with two attached hydrogens (primary N) is 1. The molecular weight excluding hydrogens is 252 g/mol. The van der Waals surface area contributed by atoms with E-state index in [0.717, 1.165) is 28.3 Å². The molecule has 0 amide bonds. The summed E-state index contributed by atoms with van der Waals surface area (Å²) in [5.74, 6) is 1.57. The standard InChI is InChI=1S/C16H18N2O2/c1-11-2-4-13(18-10-11)9-14(17)12-3-5-15-16(8-12)20-7-6-19-15/h2-5,8,10,14H,6-7,9,17H2,1H3. The Labute approximate surface area is 118 Å². The van der Waals surface area contributed by atoms with E-state index in [1.165, 1.54) is 0 Å². The molecule has 20 heavy (non-hydrogen) atoms. The number of ether oxygens (including phenoxy) is 2. The number of nitrogens with zero attached hydrogens (tertiary/aromatic N) is 1. The van der Waals surface area contributed by atoms with E-state index >= 15 is 0 Å². The summed E-state index contributed by atoms with van der Waals surface area (Å²) in [6.45, 7) is 3.22. The maximum absolute atomic E-state index is 6.26. The van der Waals surface area contributed by atoms with E-state index < -0.39 is 0 Å². The van der Waals surface area contributed by atoms with Crippen LogP contribution in [0.1, 0.15) is 22.9 Å². The minimum Gasteiger partial charge on any atom is -0.486 e. The van der Waals surface area contributed by atoms with E-state index in [-0.39, 0.29) is 6.04 Å².